The van der Waals surface area contributed by atoms with Gasteiger partial charge in [0.2, 0.25) is 0 Å². The van der Waals surface area contributed by atoms with Gasteiger partial charge < -0.3 is 0 Å². The number of pyridine rings is 1. The molecule has 0 aliphatic carbocycles. The summed E-state index contributed by atoms with van der Waals surface area (Å²) in [5.41, 5.74) is 2.28. The quantitative estimate of drug-likeness (QED) is 0.766. The highest BCUT2D eigenvalue weighted by molar-refractivity contribution is 6.30. The molecular formula is C16H14ClN2+. The summed E-state index contributed by atoms with van der Waals surface area (Å²) in [5.74, 6) is 0.999. The van der Waals surface area contributed by atoms with Gasteiger partial charge in [0.25, 0.3) is 5.82 Å². The van der Waals surface area contributed by atoms with Crippen LogP contribution in [0.15, 0.2) is 60.7 Å². The molecule has 94 valence electrons. The van der Waals surface area contributed by atoms with Crippen LogP contribution < -0.4 is 10.3 Å². The maximum Gasteiger partial charge on any atom is 0.272 e. The maximum atomic E-state index is 5.97. The van der Waals surface area contributed by atoms with E-state index >= 15 is 0 Å². The standard InChI is InChI=1S/C16H13ClN2/c17-14-6-3-4-12(10-14)11-18-16-9-8-13-5-1-2-7-15(13)19-16/h1-10H,11H2,(H,18,19)/p+1. The van der Waals surface area contributed by atoms with Gasteiger partial charge in [-0.05, 0) is 29.8 Å². The van der Waals surface area contributed by atoms with Crippen molar-refractivity contribution in [1.29, 1.82) is 0 Å². The highest BCUT2D eigenvalue weighted by Crippen LogP contribution is 2.13. The van der Waals surface area contributed by atoms with Crippen molar-refractivity contribution in [2.45, 2.75) is 6.54 Å². The van der Waals surface area contributed by atoms with Crippen LogP contribution in [0.1, 0.15) is 5.56 Å². The molecule has 3 rings (SSSR count). The van der Waals surface area contributed by atoms with E-state index in [2.05, 4.69) is 34.6 Å². The van der Waals surface area contributed by atoms with Gasteiger partial charge in [0.1, 0.15) is 12.1 Å². The lowest BCUT2D eigenvalue weighted by molar-refractivity contribution is -0.327. The lowest BCUT2D eigenvalue weighted by atomic mass is 10.2. The first-order chi connectivity index (χ1) is 9.31. The van der Waals surface area contributed by atoms with E-state index in [1.807, 2.05) is 36.4 Å². The number of aromatic nitrogens is 1. The Balaban J connectivity index is 1.78. The van der Waals surface area contributed by atoms with Crippen LogP contribution in [0.2, 0.25) is 5.02 Å². The minimum atomic E-state index is 0.745. The fourth-order valence-electron chi connectivity index (χ4n) is 2.06. The van der Waals surface area contributed by atoms with Crippen LogP contribution in [0, 0.1) is 0 Å². The van der Waals surface area contributed by atoms with Crippen LogP contribution in [0.3, 0.4) is 0 Å². The van der Waals surface area contributed by atoms with Crippen molar-refractivity contribution in [2.24, 2.45) is 0 Å². The van der Waals surface area contributed by atoms with Crippen molar-refractivity contribution >= 4 is 28.3 Å². The molecule has 0 fully saturated rings. The van der Waals surface area contributed by atoms with Gasteiger partial charge in [0.05, 0.1) is 0 Å². The Labute approximate surface area is 117 Å². The first-order valence-electron chi connectivity index (χ1n) is 6.21. The number of hydrogen-bond acceptors (Lipinski definition) is 1. The average molecular weight is 270 g/mol. The highest BCUT2D eigenvalue weighted by Gasteiger charge is 2.04. The number of rotatable bonds is 3. The molecule has 0 saturated heterocycles. The zero-order valence-corrected chi connectivity index (χ0v) is 11.1. The molecule has 3 aromatic rings. The van der Waals surface area contributed by atoms with Gasteiger partial charge in [0, 0.05) is 16.5 Å². The number of nitrogens with one attached hydrogen (secondary N) is 2. The van der Waals surface area contributed by atoms with E-state index in [9.17, 15) is 0 Å². The van der Waals surface area contributed by atoms with Gasteiger partial charge in [-0.1, -0.05) is 41.9 Å². The normalized spacial score (nSPS) is 10.6. The SMILES string of the molecule is Clc1cccc(CNc2ccc3ccccc3[nH+]2)c1. The number of anilines is 1. The lowest BCUT2D eigenvalue weighted by Gasteiger charge is -2.01. The molecule has 1 aromatic heterocycles. The third-order valence-corrected chi connectivity index (χ3v) is 3.27. The van der Waals surface area contributed by atoms with Gasteiger partial charge in [-0.3, -0.25) is 5.32 Å². The van der Waals surface area contributed by atoms with Gasteiger partial charge >= 0.3 is 0 Å². The van der Waals surface area contributed by atoms with Crippen LogP contribution in [-0.2, 0) is 6.54 Å². The Morgan fingerprint density at radius 2 is 1.84 bits per heavy atom. The number of benzene rings is 2. The minimum Gasteiger partial charge on any atom is -0.270 e. The Kier molecular flexibility index (Phi) is 3.34. The van der Waals surface area contributed by atoms with Crippen molar-refractivity contribution in [1.82, 2.24) is 0 Å². The molecule has 0 amide bonds. The molecule has 0 spiro atoms. The molecule has 2 N–H and O–H groups in total. The van der Waals surface area contributed by atoms with E-state index in [1.54, 1.807) is 0 Å². The zero-order chi connectivity index (χ0) is 13.1. The van der Waals surface area contributed by atoms with Crippen molar-refractivity contribution in [3.63, 3.8) is 0 Å². The van der Waals surface area contributed by atoms with Crippen molar-refractivity contribution < 1.29 is 4.98 Å². The van der Waals surface area contributed by atoms with E-state index in [1.165, 1.54) is 5.39 Å². The summed E-state index contributed by atoms with van der Waals surface area (Å²) >= 11 is 5.97. The molecule has 0 atom stereocenters. The molecule has 0 saturated carbocycles. The van der Waals surface area contributed by atoms with Gasteiger partial charge in [0.15, 0.2) is 0 Å². The largest absolute Gasteiger partial charge is 0.272 e. The summed E-state index contributed by atoms with van der Waals surface area (Å²) in [5, 5.41) is 5.34. The van der Waals surface area contributed by atoms with E-state index in [4.69, 9.17) is 11.6 Å². The fraction of sp³-hybridized carbons (Fsp3) is 0.0625. The molecule has 0 radical (unpaired) electrons. The molecule has 0 bridgehead atoms. The molecule has 2 aromatic carbocycles. The number of H-pyrrole nitrogens is 1. The lowest BCUT2D eigenvalue weighted by Crippen LogP contribution is -2.13. The molecule has 0 aliphatic rings. The number of halogens is 1. The summed E-state index contributed by atoms with van der Waals surface area (Å²) in [6.45, 7) is 0.745. The second kappa shape index (κ2) is 5.29. The third-order valence-electron chi connectivity index (χ3n) is 3.03. The second-order valence-electron chi connectivity index (χ2n) is 4.44. The van der Waals surface area contributed by atoms with Gasteiger partial charge in [-0.2, -0.15) is 0 Å². The maximum absolute atomic E-state index is 5.97. The molecule has 0 unspecified atom stereocenters. The summed E-state index contributed by atoms with van der Waals surface area (Å²) in [4.78, 5) is 3.37. The second-order valence-corrected chi connectivity index (χ2v) is 4.88. The van der Waals surface area contributed by atoms with Crippen LogP contribution in [0.4, 0.5) is 5.82 Å². The Hall–Kier alpha value is -2.06. The highest BCUT2D eigenvalue weighted by atomic mass is 35.5. The molecular weight excluding hydrogens is 256 g/mol. The fourth-order valence-corrected chi connectivity index (χ4v) is 2.28. The summed E-state index contributed by atoms with van der Waals surface area (Å²) in [7, 11) is 0. The number of aromatic amines is 1. The molecule has 3 heteroatoms. The number of hydrogen-bond donors (Lipinski definition) is 1. The minimum absolute atomic E-state index is 0.745. The molecule has 19 heavy (non-hydrogen) atoms. The Bertz CT molecular complexity index is 710. The van der Waals surface area contributed by atoms with Crippen LogP contribution in [0.5, 0.6) is 0 Å². The third kappa shape index (κ3) is 2.85. The molecule has 2 nitrogen and oxygen atoms in total. The molecule has 0 aliphatic heterocycles. The van der Waals surface area contributed by atoms with Crippen LogP contribution in [-0.4, -0.2) is 0 Å². The van der Waals surface area contributed by atoms with Crippen molar-refractivity contribution in [3.8, 4) is 0 Å². The number of para-hydroxylation sites is 1. The van der Waals surface area contributed by atoms with E-state index in [0.717, 1.165) is 28.5 Å². The molecule has 1 heterocycles. The first kappa shape index (κ1) is 12.0. The van der Waals surface area contributed by atoms with E-state index in [0.29, 0.717) is 0 Å². The van der Waals surface area contributed by atoms with Crippen LogP contribution >= 0.6 is 11.6 Å². The first-order valence-corrected chi connectivity index (χ1v) is 6.58. The monoisotopic (exact) mass is 269 g/mol. The average Bonchev–Trinajstić information content (AvgIpc) is 2.45. The predicted molar refractivity (Wildman–Crippen MR) is 79.3 cm³/mol. The summed E-state index contributed by atoms with van der Waals surface area (Å²) in [6, 6.07) is 20.2. The Morgan fingerprint density at radius 1 is 0.947 bits per heavy atom. The van der Waals surface area contributed by atoms with Crippen molar-refractivity contribution in [2.75, 3.05) is 5.32 Å². The van der Waals surface area contributed by atoms with Crippen LogP contribution in [0.25, 0.3) is 10.9 Å². The number of fused-ring (bicyclic) bond motifs is 1. The summed E-state index contributed by atoms with van der Waals surface area (Å²) < 4.78 is 0. The topological polar surface area (TPSA) is 26.2 Å². The van der Waals surface area contributed by atoms with E-state index in [-0.39, 0.29) is 0 Å². The Morgan fingerprint density at radius 3 is 2.74 bits per heavy atom. The zero-order valence-electron chi connectivity index (χ0n) is 10.4. The van der Waals surface area contributed by atoms with Gasteiger partial charge in [-0.15, -0.1) is 0 Å². The van der Waals surface area contributed by atoms with Crippen molar-refractivity contribution in [3.05, 3.63) is 71.2 Å². The van der Waals surface area contributed by atoms with Gasteiger partial charge in [-0.25, -0.2) is 4.98 Å². The predicted octanol–water partition coefficient (Wildman–Crippen LogP) is 3.92. The summed E-state index contributed by atoms with van der Waals surface area (Å²) in [6.07, 6.45) is 0. The smallest absolute Gasteiger partial charge is 0.270 e. The van der Waals surface area contributed by atoms with E-state index < -0.39 is 0 Å².